The summed E-state index contributed by atoms with van der Waals surface area (Å²) >= 11 is 7.83. The van der Waals surface area contributed by atoms with E-state index in [-0.39, 0.29) is 6.04 Å². The Labute approximate surface area is 119 Å². The first-order valence-corrected chi connectivity index (χ1v) is 7.73. The summed E-state index contributed by atoms with van der Waals surface area (Å²) < 4.78 is 5.07. The lowest BCUT2D eigenvalue weighted by atomic mass is 10.0. The van der Waals surface area contributed by atoms with Crippen LogP contribution in [0.5, 0.6) is 0 Å². The number of methoxy groups -OCH3 is 1. The summed E-state index contributed by atoms with van der Waals surface area (Å²) in [5.74, 6) is 1.06. The highest BCUT2D eigenvalue weighted by molar-refractivity contribution is 7.99. The van der Waals surface area contributed by atoms with Crippen LogP contribution in [0.1, 0.15) is 30.6 Å². The summed E-state index contributed by atoms with van der Waals surface area (Å²) in [6, 6.07) is 8.19. The first-order chi connectivity index (χ1) is 8.69. The Morgan fingerprint density at radius 2 is 2.00 bits per heavy atom. The molecule has 0 aromatic heterocycles. The minimum atomic E-state index is 0.179. The lowest BCUT2D eigenvalue weighted by Crippen LogP contribution is -2.26. The molecule has 0 bridgehead atoms. The van der Waals surface area contributed by atoms with Crippen molar-refractivity contribution in [1.82, 2.24) is 0 Å². The maximum absolute atomic E-state index is 6.22. The first-order valence-electron chi connectivity index (χ1n) is 6.30. The van der Waals surface area contributed by atoms with E-state index in [4.69, 9.17) is 22.1 Å². The SMILES string of the molecule is CCC(N)C(SCCCOC)c1ccc(Cl)cc1. The average molecular weight is 288 g/mol. The summed E-state index contributed by atoms with van der Waals surface area (Å²) in [7, 11) is 1.74. The Morgan fingerprint density at radius 1 is 1.33 bits per heavy atom. The molecule has 0 aliphatic rings. The van der Waals surface area contributed by atoms with Crippen molar-refractivity contribution in [3.63, 3.8) is 0 Å². The molecular formula is C14H22ClNOS. The van der Waals surface area contributed by atoms with Gasteiger partial charge >= 0.3 is 0 Å². The minimum absolute atomic E-state index is 0.179. The predicted molar refractivity (Wildman–Crippen MR) is 81.4 cm³/mol. The Bertz CT molecular complexity index is 331. The summed E-state index contributed by atoms with van der Waals surface area (Å²) in [5.41, 5.74) is 7.48. The van der Waals surface area contributed by atoms with E-state index in [0.29, 0.717) is 5.25 Å². The van der Waals surface area contributed by atoms with E-state index >= 15 is 0 Å². The average Bonchev–Trinajstić information content (AvgIpc) is 2.39. The van der Waals surface area contributed by atoms with Crippen molar-refractivity contribution >= 4 is 23.4 Å². The van der Waals surface area contributed by atoms with Crippen LogP contribution in [0, 0.1) is 0 Å². The van der Waals surface area contributed by atoms with Crippen molar-refractivity contribution in [2.45, 2.75) is 31.1 Å². The van der Waals surface area contributed by atoms with Gasteiger partial charge in [-0.1, -0.05) is 30.7 Å². The first kappa shape index (κ1) is 15.8. The molecule has 1 aromatic rings. The van der Waals surface area contributed by atoms with Gasteiger partial charge in [0.25, 0.3) is 0 Å². The van der Waals surface area contributed by atoms with E-state index in [1.807, 2.05) is 23.9 Å². The molecule has 2 nitrogen and oxygen atoms in total. The molecule has 0 fully saturated rings. The highest BCUT2D eigenvalue weighted by Gasteiger charge is 2.18. The molecule has 4 heteroatoms. The number of rotatable bonds is 8. The molecule has 0 radical (unpaired) electrons. The van der Waals surface area contributed by atoms with Gasteiger partial charge in [0.1, 0.15) is 0 Å². The van der Waals surface area contributed by atoms with Crippen LogP contribution < -0.4 is 5.73 Å². The molecule has 0 aliphatic carbocycles. The zero-order valence-electron chi connectivity index (χ0n) is 11.1. The Morgan fingerprint density at radius 3 is 2.56 bits per heavy atom. The fourth-order valence-corrected chi connectivity index (χ4v) is 3.20. The number of thioether (sulfide) groups is 1. The molecular weight excluding hydrogens is 266 g/mol. The van der Waals surface area contributed by atoms with Gasteiger partial charge in [0, 0.05) is 30.0 Å². The molecule has 0 amide bonds. The van der Waals surface area contributed by atoms with Crippen molar-refractivity contribution in [3.8, 4) is 0 Å². The fourth-order valence-electron chi connectivity index (χ4n) is 1.75. The number of ether oxygens (including phenoxy) is 1. The second-order valence-corrected chi connectivity index (χ2v) is 5.95. The molecule has 0 spiro atoms. The summed E-state index contributed by atoms with van der Waals surface area (Å²) in [5, 5.41) is 1.11. The van der Waals surface area contributed by atoms with Gasteiger partial charge in [-0.15, -0.1) is 0 Å². The molecule has 0 heterocycles. The van der Waals surface area contributed by atoms with Crippen LogP contribution in [0.4, 0.5) is 0 Å². The monoisotopic (exact) mass is 287 g/mol. The van der Waals surface area contributed by atoms with E-state index in [9.17, 15) is 0 Å². The van der Waals surface area contributed by atoms with Crippen LogP contribution in [-0.4, -0.2) is 25.5 Å². The second-order valence-electron chi connectivity index (χ2n) is 4.26. The largest absolute Gasteiger partial charge is 0.385 e. The maximum atomic E-state index is 6.22. The number of halogens is 1. The Balaban J connectivity index is 2.63. The van der Waals surface area contributed by atoms with Crippen LogP contribution in [0.2, 0.25) is 5.02 Å². The molecule has 0 saturated heterocycles. The number of hydrogen-bond acceptors (Lipinski definition) is 3. The van der Waals surface area contributed by atoms with Gasteiger partial charge < -0.3 is 10.5 Å². The molecule has 18 heavy (non-hydrogen) atoms. The second kappa shape index (κ2) is 8.81. The molecule has 1 aromatic carbocycles. The lowest BCUT2D eigenvalue weighted by Gasteiger charge is -2.23. The molecule has 1 rings (SSSR count). The van der Waals surface area contributed by atoms with Crippen LogP contribution >= 0.6 is 23.4 Å². The highest BCUT2D eigenvalue weighted by atomic mass is 35.5. The van der Waals surface area contributed by atoms with Crippen LogP contribution in [0.15, 0.2) is 24.3 Å². The van der Waals surface area contributed by atoms with Crippen LogP contribution in [0.3, 0.4) is 0 Å². The van der Waals surface area contributed by atoms with Gasteiger partial charge in [0.15, 0.2) is 0 Å². The third-order valence-corrected chi connectivity index (χ3v) is 4.61. The number of benzene rings is 1. The molecule has 102 valence electrons. The molecule has 2 N–H and O–H groups in total. The van der Waals surface area contributed by atoms with Crippen molar-refractivity contribution < 1.29 is 4.74 Å². The fraction of sp³-hybridized carbons (Fsp3) is 0.571. The lowest BCUT2D eigenvalue weighted by molar-refractivity contribution is 0.200. The van der Waals surface area contributed by atoms with Crippen molar-refractivity contribution in [2.24, 2.45) is 5.73 Å². The van der Waals surface area contributed by atoms with Gasteiger partial charge in [-0.3, -0.25) is 0 Å². The van der Waals surface area contributed by atoms with E-state index in [0.717, 1.165) is 30.2 Å². The predicted octanol–water partition coefficient (Wildman–Crippen LogP) is 3.89. The van der Waals surface area contributed by atoms with Crippen LogP contribution in [0.25, 0.3) is 0 Å². The van der Waals surface area contributed by atoms with Crippen molar-refractivity contribution in [2.75, 3.05) is 19.5 Å². The number of hydrogen-bond donors (Lipinski definition) is 1. The highest BCUT2D eigenvalue weighted by Crippen LogP contribution is 2.33. The van der Waals surface area contributed by atoms with E-state index in [1.54, 1.807) is 7.11 Å². The van der Waals surface area contributed by atoms with E-state index < -0.39 is 0 Å². The third-order valence-electron chi connectivity index (χ3n) is 2.85. The van der Waals surface area contributed by atoms with Crippen LogP contribution in [-0.2, 0) is 4.74 Å². The topological polar surface area (TPSA) is 35.2 Å². The molecule has 2 unspecified atom stereocenters. The van der Waals surface area contributed by atoms with Crippen molar-refractivity contribution in [1.29, 1.82) is 0 Å². The smallest absolute Gasteiger partial charge is 0.0470 e. The quantitative estimate of drug-likeness (QED) is 0.737. The zero-order valence-corrected chi connectivity index (χ0v) is 12.6. The van der Waals surface area contributed by atoms with Gasteiger partial charge in [-0.05, 0) is 36.3 Å². The molecule has 0 aliphatic heterocycles. The minimum Gasteiger partial charge on any atom is -0.385 e. The third kappa shape index (κ3) is 5.19. The maximum Gasteiger partial charge on any atom is 0.0470 e. The van der Waals surface area contributed by atoms with E-state index in [2.05, 4.69) is 19.1 Å². The normalized spacial score (nSPS) is 14.4. The van der Waals surface area contributed by atoms with E-state index in [1.165, 1.54) is 5.56 Å². The van der Waals surface area contributed by atoms with Gasteiger partial charge in [0.05, 0.1) is 0 Å². The zero-order chi connectivity index (χ0) is 13.4. The molecule has 0 saturated carbocycles. The Hall–Kier alpha value is -0.220. The molecule has 2 atom stereocenters. The van der Waals surface area contributed by atoms with Gasteiger partial charge in [-0.25, -0.2) is 0 Å². The van der Waals surface area contributed by atoms with Crippen molar-refractivity contribution in [3.05, 3.63) is 34.9 Å². The number of nitrogens with two attached hydrogens (primary N) is 1. The summed E-state index contributed by atoms with van der Waals surface area (Å²) in [6.07, 6.45) is 2.03. The summed E-state index contributed by atoms with van der Waals surface area (Å²) in [6.45, 7) is 2.94. The van der Waals surface area contributed by atoms with Gasteiger partial charge in [0.2, 0.25) is 0 Å². The Kier molecular flexibility index (Phi) is 7.75. The summed E-state index contributed by atoms with van der Waals surface area (Å²) in [4.78, 5) is 0. The van der Waals surface area contributed by atoms with Gasteiger partial charge in [-0.2, -0.15) is 11.8 Å². The standard InChI is InChI=1S/C14H22ClNOS/c1-3-13(16)14(18-10-4-9-17-2)11-5-7-12(15)8-6-11/h5-8,13-14H,3-4,9-10,16H2,1-2H3.